The van der Waals surface area contributed by atoms with E-state index in [4.69, 9.17) is 11.6 Å². The van der Waals surface area contributed by atoms with Crippen LogP contribution >= 0.6 is 23.4 Å². The van der Waals surface area contributed by atoms with Gasteiger partial charge in [0.05, 0.1) is 16.5 Å². The zero-order valence-electron chi connectivity index (χ0n) is 12.6. The van der Waals surface area contributed by atoms with Gasteiger partial charge in [-0.2, -0.15) is 13.2 Å². The minimum atomic E-state index is -4.70. The first-order chi connectivity index (χ1) is 11.6. The summed E-state index contributed by atoms with van der Waals surface area (Å²) < 4.78 is 65.5. The molecule has 0 saturated carbocycles. The van der Waals surface area contributed by atoms with Gasteiger partial charge in [-0.1, -0.05) is 11.6 Å². The van der Waals surface area contributed by atoms with Crippen LogP contribution in [-0.4, -0.2) is 11.2 Å². The third kappa shape index (κ3) is 5.09. The number of thioether (sulfide) groups is 1. The normalized spacial score (nSPS) is 12.8. The molecule has 0 aromatic heterocycles. The van der Waals surface area contributed by atoms with Gasteiger partial charge in [-0.05, 0) is 37.3 Å². The van der Waals surface area contributed by atoms with Gasteiger partial charge in [0.2, 0.25) is 5.91 Å². The topological polar surface area (TPSA) is 29.1 Å². The molecule has 0 spiro atoms. The average molecular weight is 396 g/mol. The monoisotopic (exact) mass is 395 g/mol. The molecule has 2 nitrogen and oxygen atoms in total. The highest BCUT2D eigenvalue weighted by Crippen LogP contribution is 2.37. The van der Waals surface area contributed by atoms with Crippen molar-refractivity contribution in [1.82, 2.24) is 0 Å². The van der Waals surface area contributed by atoms with E-state index in [2.05, 4.69) is 5.32 Å². The fourth-order valence-corrected chi connectivity index (χ4v) is 2.95. The number of rotatable bonds is 4. The summed E-state index contributed by atoms with van der Waals surface area (Å²) in [7, 11) is 0. The minimum absolute atomic E-state index is 0.0104. The number of halogens is 6. The number of hydrogen-bond acceptors (Lipinski definition) is 2. The zero-order valence-corrected chi connectivity index (χ0v) is 14.2. The molecule has 1 N–H and O–H groups in total. The van der Waals surface area contributed by atoms with Gasteiger partial charge in [0.25, 0.3) is 0 Å². The van der Waals surface area contributed by atoms with Crippen LogP contribution < -0.4 is 5.32 Å². The lowest BCUT2D eigenvalue weighted by Crippen LogP contribution is -2.24. The molecule has 0 radical (unpaired) electrons. The fourth-order valence-electron chi connectivity index (χ4n) is 1.91. The van der Waals surface area contributed by atoms with E-state index in [0.29, 0.717) is 12.1 Å². The van der Waals surface area contributed by atoms with Crippen molar-refractivity contribution in [2.45, 2.75) is 23.2 Å². The molecule has 2 aromatic rings. The van der Waals surface area contributed by atoms with Gasteiger partial charge in [0, 0.05) is 16.0 Å². The first kappa shape index (κ1) is 19.5. The fraction of sp³-hybridized carbons (Fsp3) is 0.188. The summed E-state index contributed by atoms with van der Waals surface area (Å²) in [5.74, 6) is -2.39. The van der Waals surface area contributed by atoms with Crippen LogP contribution in [0.4, 0.5) is 27.6 Å². The Morgan fingerprint density at radius 2 is 1.84 bits per heavy atom. The first-order valence-corrected chi connectivity index (χ1v) is 8.13. The van der Waals surface area contributed by atoms with Crippen molar-refractivity contribution in [2.24, 2.45) is 0 Å². The Kier molecular flexibility index (Phi) is 5.95. The second kappa shape index (κ2) is 7.61. The third-order valence-electron chi connectivity index (χ3n) is 3.11. The van der Waals surface area contributed by atoms with Crippen LogP contribution in [0.3, 0.4) is 0 Å². The largest absolute Gasteiger partial charge is 0.418 e. The molecule has 0 saturated heterocycles. The molecule has 0 fully saturated rings. The number of carbonyl (C=O) groups is 1. The van der Waals surface area contributed by atoms with E-state index in [1.807, 2.05) is 0 Å². The van der Waals surface area contributed by atoms with E-state index >= 15 is 0 Å². The predicted molar refractivity (Wildman–Crippen MR) is 86.8 cm³/mol. The van der Waals surface area contributed by atoms with E-state index in [9.17, 15) is 26.7 Å². The maximum absolute atomic E-state index is 13.6. The molecule has 0 bridgehead atoms. The lowest BCUT2D eigenvalue weighted by molar-refractivity contribution is -0.137. The van der Waals surface area contributed by atoms with Crippen molar-refractivity contribution in [1.29, 1.82) is 0 Å². The van der Waals surface area contributed by atoms with Crippen LogP contribution in [0.1, 0.15) is 12.5 Å². The summed E-state index contributed by atoms with van der Waals surface area (Å²) in [6.07, 6.45) is -4.70. The number of nitrogens with one attached hydrogen (secondary N) is 1. The molecule has 1 amide bonds. The van der Waals surface area contributed by atoms with Crippen LogP contribution in [0.25, 0.3) is 0 Å². The highest BCUT2D eigenvalue weighted by molar-refractivity contribution is 8.00. The number of hydrogen-bond donors (Lipinski definition) is 1. The average Bonchev–Trinajstić information content (AvgIpc) is 2.50. The molecule has 2 rings (SSSR count). The molecule has 0 aliphatic rings. The van der Waals surface area contributed by atoms with E-state index in [1.165, 1.54) is 13.0 Å². The van der Waals surface area contributed by atoms with Crippen LogP contribution in [0.5, 0.6) is 0 Å². The molecule has 134 valence electrons. The summed E-state index contributed by atoms with van der Waals surface area (Å²) in [5.41, 5.74) is -1.53. The molecule has 25 heavy (non-hydrogen) atoms. The Labute approximate surface area is 149 Å². The minimum Gasteiger partial charge on any atom is -0.325 e. The molecule has 0 aliphatic carbocycles. The number of anilines is 1. The second-order valence-electron chi connectivity index (χ2n) is 5.01. The maximum Gasteiger partial charge on any atom is 0.418 e. The molecule has 1 atom stereocenters. The van der Waals surface area contributed by atoms with Gasteiger partial charge in [0.15, 0.2) is 0 Å². The molecular weight excluding hydrogens is 385 g/mol. The lowest BCUT2D eigenvalue weighted by atomic mass is 10.1. The van der Waals surface area contributed by atoms with Crippen molar-refractivity contribution >= 4 is 35.0 Å². The summed E-state index contributed by atoms with van der Waals surface area (Å²) in [4.78, 5) is 12.1. The van der Waals surface area contributed by atoms with Gasteiger partial charge < -0.3 is 5.32 Å². The highest BCUT2D eigenvalue weighted by Gasteiger charge is 2.34. The van der Waals surface area contributed by atoms with Gasteiger partial charge in [-0.3, -0.25) is 4.79 Å². The van der Waals surface area contributed by atoms with Crippen molar-refractivity contribution in [2.75, 3.05) is 5.32 Å². The maximum atomic E-state index is 13.6. The van der Waals surface area contributed by atoms with E-state index in [-0.39, 0.29) is 9.92 Å². The van der Waals surface area contributed by atoms with Gasteiger partial charge >= 0.3 is 6.18 Å². The summed E-state index contributed by atoms with van der Waals surface area (Å²) in [6, 6.07) is 5.80. The molecule has 2 aromatic carbocycles. The van der Waals surface area contributed by atoms with Crippen LogP contribution in [0, 0.1) is 11.6 Å². The summed E-state index contributed by atoms with van der Waals surface area (Å²) in [5, 5.41) is 1.12. The van der Waals surface area contributed by atoms with Crippen LogP contribution in [-0.2, 0) is 11.0 Å². The van der Waals surface area contributed by atoms with E-state index < -0.39 is 40.2 Å². The quantitative estimate of drug-likeness (QED) is 0.527. The Morgan fingerprint density at radius 1 is 1.16 bits per heavy atom. The Balaban J connectivity index is 2.16. The summed E-state index contributed by atoms with van der Waals surface area (Å²) in [6.45, 7) is 1.39. The predicted octanol–water partition coefficient (Wildman–Crippen LogP) is 5.76. The van der Waals surface area contributed by atoms with Gasteiger partial charge in [-0.15, -0.1) is 11.8 Å². The molecule has 0 heterocycles. The Hall–Kier alpha value is -1.80. The number of amides is 1. The Bertz CT molecular complexity index is 797. The van der Waals surface area contributed by atoms with Crippen LogP contribution in [0.15, 0.2) is 41.3 Å². The molecular formula is C16H11ClF5NOS. The van der Waals surface area contributed by atoms with Gasteiger partial charge in [-0.25, -0.2) is 8.78 Å². The van der Waals surface area contributed by atoms with E-state index in [1.54, 1.807) is 0 Å². The summed E-state index contributed by atoms with van der Waals surface area (Å²) >= 11 is 6.33. The number of alkyl halides is 3. The smallest absolute Gasteiger partial charge is 0.325 e. The lowest BCUT2D eigenvalue weighted by Gasteiger charge is -2.16. The highest BCUT2D eigenvalue weighted by atomic mass is 35.5. The molecule has 1 unspecified atom stereocenters. The number of carbonyl (C=O) groups excluding carboxylic acids is 1. The molecule has 0 aliphatic heterocycles. The van der Waals surface area contributed by atoms with Crippen molar-refractivity contribution < 1.29 is 26.7 Å². The second-order valence-corrected chi connectivity index (χ2v) is 6.83. The third-order valence-corrected chi connectivity index (χ3v) is 4.50. The standard InChI is InChI=1S/C16H11ClF5NOS/c1-8(25-14-5-3-10(18)7-12(14)19)15(24)23-13-4-2-9(17)6-11(13)16(20,21)22/h2-8H,1H3,(H,23,24). The van der Waals surface area contributed by atoms with Crippen molar-refractivity contribution in [3.63, 3.8) is 0 Å². The van der Waals surface area contributed by atoms with Crippen LogP contribution in [0.2, 0.25) is 5.02 Å². The zero-order chi connectivity index (χ0) is 18.8. The van der Waals surface area contributed by atoms with E-state index in [0.717, 1.165) is 30.0 Å². The number of benzene rings is 2. The van der Waals surface area contributed by atoms with Gasteiger partial charge in [0.1, 0.15) is 11.6 Å². The SMILES string of the molecule is CC(Sc1ccc(F)cc1F)C(=O)Nc1ccc(Cl)cc1C(F)(F)F. The Morgan fingerprint density at radius 3 is 2.44 bits per heavy atom. The van der Waals surface area contributed by atoms with Crippen molar-refractivity contribution in [3.05, 3.63) is 58.6 Å². The molecule has 9 heteroatoms. The van der Waals surface area contributed by atoms with Crippen molar-refractivity contribution in [3.8, 4) is 0 Å². The first-order valence-electron chi connectivity index (χ1n) is 6.87.